The Morgan fingerprint density at radius 3 is 2.58 bits per heavy atom. The third-order valence-corrected chi connectivity index (χ3v) is 4.21. The lowest BCUT2D eigenvalue weighted by Crippen LogP contribution is -2.36. The van der Waals surface area contributed by atoms with Crippen molar-refractivity contribution in [2.45, 2.75) is 25.0 Å². The van der Waals surface area contributed by atoms with Crippen molar-refractivity contribution in [1.29, 1.82) is 0 Å². The van der Waals surface area contributed by atoms with Gasteiger partial charge in [0.25, 0.3) is 0 Å². The molecule has 0 radical (unpaired) electrons. The smallest absolute Gasteiger partial charge is 0.464 e. The van der Waals surface area contributed by atoms with Crippen molar-refractivity contribution in [3.63, 3.8) is 0 Å². The van der Waals surface area contributed by atoms with Crippen molar-refractivity contribution in [2.24, 2.45) is 0 Å². The highest BCUT2D eigenvalue weighted by molar-refractivity contribution is 7.87. The SMILES string of the molecule is CCOC(=O)[C@@H](Cc1c[nH]c2ccccc12)OS(=O)(=O)C(F)(F)F. The zero-order valence-electron chi connectivity index (χ0n) is 12.5. The number of esters is 1. The number of benzene rings is 1. The summed E-state index contributed by atoms with van der Waals surface area (Å²) in [5.41, 5.74) is -4.51. The summed E-state index contributed by atoms with van der Waals surface area (Å²) in [4.78, 5) is 14.7. The molecule has 0 aliphatic rings. The van der Waals surface area contributed by atoms with E-state index in [-0.39, 0.29) is 6.61 Å². The number of H-pyrrole nitrogens is 1. The van der Waals surface area contributed by atoms with Crippen LogP contribution in [0, 0.1) is 0 Å². The predicted molar refractivity (Wildman–Crippen MR) is 78.5 cm³/mol. The lowest BCUT2D eigenvalue weighted by atomic mass is 10.1. The van der Waals surface area contributed by atoms with E-state index in [1.54, 1.807) is 24.3 Å². The largest absolute Gasteiger partial charge is 0.523 e. The highest BCUT2D eigenvalue weighted by Crippen LogP contribution is 2.28. The van der Waals surface area contributed by atoms with Crippen molar-refractivity contribution in [3.05, 3.63) is 36.0 Å². The van der Waals surface area contributed by atoms with Crippen LogP contribution in [-0.2, 0) is 30.3 Å². The Labute approximate surface area is 135 Å². The molecular formula is C14H14F3NO5S. The number of hydrogen-bond acceptors (Lipinski definition) is 5. The van der Waals surface area contributed by atoms with E-state index in [1.165, 1.54) is 13.1 Å². The van der Waals surface area contributed by atoms with E-state index in [2.05, 4.69) is 13.9 Å². The van der Waals surface area contributed by atoms with E-state index >= 15 is 0 Å². The van der Waals surface area contributed by atoms with Gasteiger partial charge in [0.05, 0.1) is 6.61 Å². The number of aromatic amines is 1. The Bertz CT molecular complexity index is 828. The van der Waals surface area contributed by atoms with Crippen LogP contribution >= 0.6 is 0 Å². The molecule has 6 nitrogen and oxygen atoms in total. The zero-order valence-corrected chi connectivity index (χ0v) is 13.3. The Morgan fingerprint density at radius 1 is 1.29 bits per heavy atom. The van der Waals surface area contributed by atoms with Crippen molar-refractivity contribution in [2.75, 3.05) is 6.61 Å². The zero-order chi connectivity index (χ0) is 18.0. The summed E-state index contributed by atoms with van der Waals surface area (Å²) in [6.45, 7) is 1.32. The summed E-state index contributed by atoms with van der Waals surface area (Å²) < 4.78 is 68.6. The molecule has 0 unspecified atom stereocenters. The summed E-state index contributed by atoms with van der Waals surface area (Å²) >= 11 is 0. The summed E-state index contributed by atoms with van der Waals surface area (Å²) in [6, 6.07) is 6.86. The van der Waals surface area contributed by atoms with Gasteiger partial charge in [-0.15, -0.1) is 0 Å². The fourth-order valence-electron chi connectivity index (χ4n) is 2.10. The Balaban J connectivity index is 2.32. The number of alkyl halides is 3. The van der Waals surface area contributed by atoms with Crippen molar-refractivity contribution in [3.8, 4) is 0 Å². The van der Waals surface area contributed by atoms with E-state index in [0.29, 0.717) is 16.5 Å². The van der Waals surface area contributed by atoms with Gasteiger partial charge in [0, 0.05) is 23.5 Å². The van der Waals surface area contributed by atoms with E-state index in [0.717, 1.165) is 0 Å². The van der Waals surface area contributed by atoms with Crippen LogP contribution in [0.25, 0.3) is 10.9 Å². The molecule has 1 atom stereocenters. The van der Waals surface area contributed by atoms with Crippen LogP contribution in [0.4, 0.5) is 13.2 Å². The number of hydrogen-bond donors (Lipinski definition) is 1. The molecule has 1 aromatic carbocycles. The first kappa shape index (κ1) is 18.3. The van der Waals surface area contributed by atoms with Gasteiger partial charge in [-0.05, 0) is 18.6 Å². The number of aromatic nitrogens is 1. The van der Waals surface area contributed by atoms with E-state index in [1.807, 2.05) is 0 Å². The maximum absolute atomic E-state index is 12.5. The summed E-state index contributed by atoms with van der Waals surface area (Å²) in [5, 5.41) is 0.639. The topological polar surface area (TPSA) is 85.5 Å². The number of carbonyl (C=O) groups is 1. The average Bonchev–Trinajstić information content (AvgIpc) is 2.89. The van der Waals surface area contributed by atoms with Gasteiger partial charge in [-0.2, -0.15) is 21.6 Å². The highest BCUT2D eigenvalue weighted by Gasteiger charge is 2.49. The normalized spacial score (nSPS) is 13.8. The van der Waals surface area contributed by atoms with Crippen LogP contribution in [0.15, 0.2) is 30.5 Å². The van der Waals surface area contributed by atoms with E-state index < -0.39 is 34.1 Å². The van der Waals surface area contributed by atoms with Crippen LogP contribution in [0.5, 0.6) is 0 Å². The molecule has 0 aliphatic carbocycles. The van der Waals surface area contributed by atoms with Crippen LogP contribution in [0.3, 0.4) is 0 Å². The molecule has 0 spiro atoms. The third kappa shape index (κ3) is 3.88. The fraction of sp³-hybridized carbons (Fsp3) is 0.357. The van der Waals surface area contributed by atoms with Gasteiger partial charge in [0.15, 0.2) is 6.10 Å². The second-order valence-electron chi connectivity index (χ2n) is 4.80. The van der Waals surface area contributed by atoms with Gasteiger partial charge in [-0.25, -0.2) is 8.98 Å². The Kier molecular flexibility index (Phi) is 5.19. The maximum Gasteiger partial charge on any atom is 0.523 e. The highest BCUT2D eigenvalue weighted by atomic mass is 32.2. The van der Waals surface area contributed by atoms with E-state index in [4.69, 9.17) is 0 Å². The number of fused-ring (bicyclic) bond motifs is 1. The molecule has 0 aliphatic heterocycles. The number of halogens is 3. The van der Waals surface area contributed by atoms with Gasteiger partial charge in [0.1, 0.15) is 0 Å². The second-order valence-corrected chi connectivity index (χ2v) is 6.36. The lowest BCUT2D eigenvalue weighted by molar-refractivity contribution is -0.152. The molecule has 2 aromatic rings. The average molecular weight is 365 g/mol. The number of rotatable bonds is 6. The molecular weight excluding hydrogens is 351 g/mol. The molecule has 10 heteroatoms. The summed E-state index contributed by atoms with van der Waals surface area (Å²) in [5.74, 6) is -1.18. The molecule has 0 amide bonds. The summed E-state index contributed by atoms with van der Waals surface area (Å²) in [7, 11) is -5.93. The van der Waals surface area contributed by atoms with Crippen molar-refractivity contribution >= 4 is 27.0 Å². The van der Waals surface area contributed by atoms with Gasteiger partial charge < -0.3 is 9.72 Å². The predicted octanol–water partition coefficient (Wildman–Crippen LogP) is 2.51. The monoisotopic (exact) mass is 365 g/mol. The Hall–Kier alpha value is -2.07. The van der Waals surface area contributed by atoms with Crippen molar-refractivity contribution < 1.29 is 35.3 Å². The number of ether oxygens (including phenoxy) is 1. The molecule has 2 rings (SSSR count). The van der Waals surface area contributed by atoms with Crippen LogP contribution in [-0.4, -0.2) is 37.6 Å². The van der Waals surface area contributed by atoms with Crippen molar-refractivity contribution in [1.82, 2.24) is 4.98 Å². The molecule has 0 fully saturated rings. The molecule has 1 N–H and O–H groups in total. The maximum atomic E-state index is 12.5. The Morgan fingerprint density at radius 2 is 1.96 bits per heavy atom. The number of carbonyl (C=O) groups excluding carboxylic acids is 1. The minimum absolute atomic E-state index is 0.126. The number of nitrogens with one attached hydrogen (secondary N) is 1. The first-order valence-corrected chi connectivity index (χ1v) is 8.27. The molecule has 1 heterocycles. The lowest BCUT2D eigenvalue weighted by Gasteiger charge is -2.17. The number of para-hydroxylation sites is 1. The molecule has 132 valence electrons. The van der Waals surface area contributed by atoms with Gasteiger partial charge in [0.2, 0.25) is 0 Å². The van der Waals surface area contributed by atoms with Gasteiger partial charge in [-0.1, -0.05) is 18.2 Å². The molecule has 0 saturated carbocycles. The first-order valence-electron chi connectivity index (χ1n) is 6.87. The molecule has 1 aromatic heterocycles. The van der Waals surface area contributed by atoms with Crippen LogP contribution in [0.2, 0.25) is 0 Å². The van der Waals surface area contributed by atoms with Gasteiger partial charge in [-0.3, -0.25) is 0 Å². The van der Waals surface area contributed by atoms with E-state index in [9.17, 15) is 26.4 Å². The minimum atomic E-state index is -5.93. The second kappa shape index (κ2) is 6.81. The third-order valence-electron chi connectivity index (χ3n) is 3.16. The summed E-state index contributed by atoms with van der Waals surface area (Å²) in [6.07, 6.45) is -0.853. The molecule has 0 bridgehead atoms. The minimum Gasteiger partial charge on any atom is -0.464 e. The fourth-order valence-corrected chi connectivity index (χ4v) is 2.66. The quantitative estimate of drug-likeness (QED) is 0.483. The first-order chi connectivity index (χ1) is 11.2. The molecule has 24 heavy (non-hydrogen) atoms. The van der Waals surface area contributed by atoms with Gasteiger partial charge >= 0.3 is 21.6 Å². The standard InChI is InChI=1S/C14H14F3NO5S/c1-2-22-13(19)12(23-24(20,21)14(15,16)17)7-9-8-18-11-6-4-3-5-10(9)11/h3-6,8,12,18H,2,7H2,1H3/t12-/m1/s1. The van der Waals surface area contributed by atoms with Crippen LogP contribution in [0.1, 0.15) is 12.5 Å². The molecule has 0 saturated heterocycles. The van der Waals surface area contributed by atoms with Crippen LogP contribution < -0.4 is 0 Å².